The van der Waals surface area contributed by atoms with Gasteiger partial charge in [0, 0.05) is 28.8 Å². The topological polar surface area (TPSA) is 71.1 Å². The van der Waals surface area contributed by atoms with Gasteiger partial charge >= 0.3 is 0 Å². The normalized spacial score (nSPS) is 11.3. The van der Waals surface area contributed by atoms with E-state index in [9.17, 15) is 0 Å². The molecule has 2 rings (SSSR count). The van der Waals surface area contributed by atoms with Gasteiger partial charge in [-0.3, -0.25) is 0 Å². The molecule has 0 heterocycles. The third kappa shape index (κ3) is 3.28. The SMILES string of the molecule is COc1cccc(N(C)c2ccc(Br)cc2/C(N)=N/O)c1. The van der Waals surface area contributed by atoms with Crippen molar-refractivity contribution >= 4 is 33.1 Å². The molecule has 21 heavy (non-hydrogen) atoms. The van der Waals surface area contributed by atoms with Gasteiger partial charge in [-0.2, -0.15) is 0 Å². The van der Waals surface area contributed by atoms with Gasteiger partial charge in [-0.1, -0.05) is 27.2 Å². The van der Waals surface area contributed by atoms with E-state index in [1.165, 1.54) is 0 Å². The average Bonchev–Trinajstić information content (AvgIpc) is 2.53. The van der Waals surface area contributed by atoms with Crippen LogP contribution in [0.4, 0.5) is 11.4 Å². The lowest BCUT2D eigenvalue weighted by molar-refractivity contribution is 0.318. The standard InChI is InChI=1S/C15H16BrN3O2/c1-19(11-4-3-5-12(9-11)21-2)14-7-6-10(16)8-13(14)15(17)18-20/h3-9,20H,1-2H3,(H2,17,18). The van der Waals surface area contributed by atoms with Crippen molar-refractivity contribution in [3.8, 4) is 5.75 Å². The maximum atomic E-state index is 8.95. The van der Waals surface area contributed by atoms with Gasteiger partial charge in [0.15, 0.2) is 5.84 Å². The van der Waals surface area contributed by atoms with Crippen molar-refractivity contribution in [2.24, 2.45) is 10.9 Å². The second-order valence-electron chi connectivity index (χ2n) is 4.41. The maximum absolute atomic E-state index is 8.95. The Bertz CT molecular complexity index is 674. The Labute approximate surface area is 131 Å². The first-order chi connectivity index (χ1) is 10.1. The van der Waals surface area contributed by atoms with E-state index in [0.29, 0.717) is 5.56 Å². The van der Waals surface area contributed by atoms with Gasteiger partial charge in [-0.05, 0) is 30.3 Å². The first-order valence-corrected chi connectivity index (χ1v) is 7.01. The van der Waals surface area contributed by atoms with Crippen molar-refractivity contribution in [1.29, 1.82) is 0 Å². The Morgan fingerprint density at radius 3 is 2.71 bits per heavy atom. The highest BCUT2D eigenvalue weighted by Crippen LogP contribution is 2.31. The lowest BCUT2D eigenvalue weighted by atomic mass is 10.1. The first kappa shape index (κ1) is 15.2. The molecule has 0 atom stereocenters. The smallest absolute Gasteiger partial charge is 0.172 e. The van der Waals surface area contributed by atoms with E-state index < -0.39 is 0 Å². The monoisotopic (exact) mass is 349 g/mol. The van der Waals surface area contributed by atoms with E-state index in [1.807, 2.05) is 48.3 Å². The van der Waals surface area contributed by atoms with Crippen LogP contribution in [0.2, 0.25) is 0 Å². The number of hydrogen-bond donors (Lipinski definition) is 2. The molecular formula is C15H16BrN3O2. The zero-order chi connectivity index (χ0) is 15.4. The zero-order valence-corrected chi connectivity index (χ0v) is 13.3. The van der Waals surface area contributed by atoms with Crippen molar-refractivity contribution in [3.63, 3.8) is 0 Å². The molecule has 0 bridgehead atoms. The second kappa shape index (κ2) is 6.49. The van der Waals surface area contributed by atoms with Gasteiger partial charge in [-0.15, -0.1) is 0 Å². The fraction of sp³-hybridized carbons (Fsp3) is 0.133. The minimum atomic E-state index is 0.0565. The Kier molecular flexibility index (Phi) is 4.70. The minimum Gasteiger partial charge on any atom is -0.497 e. The average molecular weight is 350 g/mol. The number of rotatable bonds is 4. The molecule has 0 amide bonds. The summed E-state index contributed by atoms with van der Waals surface area (Å²) in [5, 5.41) is 12.0. The van der Waals surface area contributed by atoms with Crippen LogP contribution in [0.5, 0.6) is 5.75 Å². The molecule has 0 saturated heterocycles. The zero-order valence-electron chi connectivity index (χ0n) is 11.7. The number of amidine groups is 1. The van der Waals surface area contributed by atoms with Gasteiger partial charge < -0.3 is 20.6 Å². The van der Waals surface area contributed by atoms with Crippen LogP contribution in [0.3, 0.4) is 0 Å². The van der Waals surface area contributed by atoms with E-state index in [2.05, 4.69) is 21.1 Å². The Morgan fingerprint density at radius 1 is 1.29 bits per heavy atom. The van der Waals surface area contributed by atoms with Crippen LogP contribution in [0, 0.1) is 0 Å². The largest absolute Gasteiger partial charge is 0.497 e. The predicted molar refractivity (Wildman–Crippen MR) is 87.7 cm³/mol. The van der Waals surface area contributed by atoms with Gasteiger partial charge in [0.1, 0.15) is 5.75 Å². The van der Waals surface area contributed by atoms with Crippen LogP contribution in [0.1, 0.15) is 5.56 Å². The number of benzene rings is 2. The van der Waals surface area contributed by atoms with Gasteiger partial charge in [0.2, 0.25) is 0 Å². The summed E-state index contributed by atoms with van der Waals surface area (Å²) < 4.78 is 6.09. The summed E-state index contributed by atoms with van der Waals surface area (Å²) >= 11 is 3.39. The molecule has 0 spiro atoms. The van der Waals surface area contributed by atoms with Crippen molar-refractivity contribution in [2.75, 3.05) is 19.1 Å². The van der Waals surface area contributed by atoms with E-state index in [0.717, 1.165) is 21.6 Å². The second-order valence-corrected chi connectivity index (χ2v) is 5.32. The molecule has 0 aliphatic rings. The van der Waals surface area contributed by atoms with Crippen LogP contribution < -0.4 is 15.4 Å². The molecule has 6 heteroatoms. The van der Waals surface area contributed by atoms with Crippen molar-refractivity contribution in [2.45, 2.75) is 0 Å². The van der Waals surface area contributed by atoms with Crippen LogP contribution in [0.15, 0.2) is 52.1 Å². The van der Waals surface area contributed by atoms with Gasteiger partial charge in [-0.25, -0.2) is 0 Å². The summed E-state index contributed by atoms with van der Waals surface area (Å²) in [6.45, 7) is 0. The van der Waals surface area contributed by atoms with Gasteiger partial charge in [0.05, 0.1) is 12.8 Å². The molecule has 0 fully saturated rings. The van der Waals surface area contributed by atoms with E-state index in [-0.39, 0.29) is 5.84 Å². The number of nitrogens with zero attached hydrogens (tertiary/aromatic N) is 2. The third-order valence-electron chi connectivity index (χ3n) is 3.14. The van der Waals surface area contributed by atoms with Crippen molar-refractivity contribution in [1.82, 2.24) is 0 Å². The van der Waals surface area contributed by atoms with Gasteiger partial charge in [0.25, 0.3) is 0 Å². The Morgan fingerprint density at radius 2 is 2.05 bits per heavy atom. The molecule has 5 nitrogen and oxygen atoms in total. The number of oxime groups is 1. The molecule has 0 radical (unpaired) electrons. The Balaban J connectivity index is 2.49. The maximum Gasteiger partial charge on any atom is 0.172 e. The molecule has 3 N–H and O–H groups in total. The van der Waals surface area contributed by atoms with Crippen LogP contribution in [-0.2, 0) is 0 Å². The highest BCUT2D eigenvalue weighted by atomic mass is 79.9. The summed E-state index contributed by atoms with van der Waals surface area (Å²) in [6.07, 6.45) is 0. The highest BCUT2D eigenvalue weighted by molar-refractivity contribution is 9.10. The predicted octanol–water partition coefficient (Wildman–Crippen LogP) is 3.32. The molecule has 2 aromatic carbocycles. The highest BCUT2D eigenvalue weighted by Gasteiger charge is 2.13. The summed E-state index contributed by atoms with van der Waals surface area (Å²) in [6, 6.07) is 13.3. The lowest BCUT2D eigenvalue weighted by Crippen LogP contribution is -2.19. The van der Waals surface area contributed by atoms with Crippen LogP contribution in [0.25, 0.3) is 0 Å². The molecule has 2 aromatic rings. The van der Waals surface area contributed by atoms with E-state index >= 15 is 0 Å². The minimum absolute atomic E-state index is 0.0565. The van der Waals surface area contributed by atoms with Crippen molar-refractivity contribution < 1.29 is 9.94 Å². The molecule has 0 saturated carbocycles. The summed E-state index contributed by atoms with van der Waals surface area (Å²) in [5.74, 6) is 0.822. The van der Waals surface area contributed by atoms with Crippen LogP contribution >= 0.6 is 15.9 Å². The number of nitrogens with two attached hydrogens (primary N) is 1. The summed E-state index contributed by atoms with van der Waals surface area (Å²) in [7, 11) is 3.53. The van der Waals surface area contributed by atoms with E-state index in [1.54, 1.807) is 13.2 Å². The summed E-state index contributed by atoms with van der Waals surface area (Å²) in [5.41, 5.74) is 8.16. The number of anilines is 2. The fourth-order valence-electron chi connectivity index (χ4n) is 2.02. The summed E-state index contributed by atoms with van der Waals surface area (Å²) in [4.78, 5) is 1.95. The van der Waals surface area contributed by atoms with Crippen LogP contribution in [-0.4, -0.2) is 25.2 Å². The molecule has 0 aliphatic heterocycles. The molecule has 0 aliphatic carbocycles. The Hall–Kier alpha value is -2.21. The molecule has 0 aromatic heterocycles. The van der Waals surface area contributed by atoms with E-state index in [4.69, 9.17) is 15.7 Å². The number of hydrogen-bond acceptors (Lipinski definition) is 4. The fourth-order valence-corrected chi connectivity index (χ4v) is 2.38. The third-order valence-corrected chi connectivity index (χ3v) is 3.64. The number of ether oxygens (including phenoxy) is 1. The number of methoxy groups -OCH3 is 1. The molecular weight excluding hydrogens is 334 g/mol. The number of halogens is 1. The molecule has 0 unspecified atom stereocenters. The first-order valence-electron chi connectivity index (χ1n) is 6.22. The quantitative estimate of drug-likeness (QED) is 0.384. The van der Waals surface area contributed by atoms with Crippen molar-refractivity contribution in [3.05, 3.63) is 52.5 Å². The lowest BCUT2D eigenvalue weighted by Gasteiger charge is -2.23. The molecule has 110 valence electrons.